The normalized spacial score (nSPS) is 15.2. The summed E-state index contributed by atoms with van der Waals surface area (Å²) in [5.74, 6) is 0.623. The molecule has 0 unspecified atom stereocenters. The lowest BCUT2D eigenvalue weighted by molar-refractivity contribution is 0.301. The Balaban J connectivity index is 4.04. The van der Waals surface area contributed by atoms with Crippen LogP contribution in [0.5, 0.6) is 0 Å². The van der Waals surface area contributed by atoms with E-state index in [1.54, 1.807) is 0 Å². The molecule has 0 rings (SSSR count). The highest BCUT2D eigenvalue weighted by Gasteiger charge is 2.19. The van der Waals surface area contributed by atoms with Gasteiger partial charge in [0.05, 0.1) is 0 Å². The minimum atomic E-state index is 0.381. The Labute approximate surface area is 59.0 Å². The predicted octanol–water partition coefficient (Wildman–Crippen LogP) is 3.24. The van der Waals surface area contributed by atoms with E-state index in [-0.39, 0.29) is 0 Å². The van der Waals surface area contributed by atoms with Crippen molar-refractivity contribution in [1.82, 2.24) is 0 Å². The van der Waals surface area contributed by atoms with E-state index >= 15 is 0 Å². The van der Waals surface area contributed by atoms with Gasteiger partial charge < -0.3 is 0 Å². The first-order valence-electron chi connectivity index (χ1n) is 3.51. The van der Waals surface area contributed by atoms with Crippen molar-refractivity contribution in [3.8, 4) is 0 Å². The Kier molecular flexibility index (Phi) is 2.48. The molecule has 0 aromatic heterocycles. The summed E-state index contributed by atoms with van der Waals surface area (Å²) >= 11 is 0. The zero-order valence-corrected chi connectivity index (χ0v) is 7.28. The van der Waals surface area contributed by atoms with E-state index in [0.29, 0.717) is 11.3 Å². The molecule has 0 saturated heterocycles. The second-order valence-electron chi connectivity index (χ2n) is 3.93. The van der Waals surface area contributed by atoms with Gasteiger partial charge in [0.1, 0.15) is 0 Å². The lowest BCUT2D eigenvalue weighted by atomic mass is 9.78. The van der Waals surface area contributed by atoms with Crippen molar-refractivity contribution in [3.05, 3.63) is 12.2 Å². The van der Waals surface area contributed by atoms with Crippen molar-refractivity contribution in [2.75, 3.05) is 0 Å². The fourth-order valence-electron chi connectivity index (χ4n) is 0.739. The Morgan fingerprint density at radius 2 is 1.67 bits per heavy atom. The molecule has 0 N–H and O–H groups in total. The first kappa shape index (κ1) is 8.74. The van der Waals surface area contributed by atoms with Gasteiger partial charge in [0.2, 0.25) is 0 Å². The van der Waals surface area contributed by atoms with Crippen LogP contribution in [0.4, 0.5) is 0 Å². The van der Waals surface area contributed by atoms with Crippen molar-refractivity contribution in [2.45, 2.75) is 34.6 Å². The highest BCUT2D eigenvalue weighted by molar-refractivity contribution is 4.98. The first-order chi connectivity index (χ1) is 3.85. The summed E-state index contributed by atoms with van der Waals surface area (Å²) in [6.07, 6.45) is 0. The first-order valence-corrected chi connectivity index (χ1v) is 3.51. The van der Waals surface area contributed by atoms with Crippen LogP contribution in [0.25, 0.3) is 0 Å². The molecule has 1 atom stereocenters. The summed E-state index contributed by atoms with van der Waals surface area (Å²) in [5.41, 5.74) is 1.66. The molecule has 0 fully saturated rings. The van der Waals surface area contributed by atoms with E-state index in [0.717, 1.165) is 0 Å². The summed E-state index contributed by atoms with van der Waals surface area (Å²) < 4.78 is 0. The molecule has 0 aromatic carbocycles. The van der Waals surface area contributed by atoms with Crippen LogP contribution in [-0.2, 0) is 0 Å². The van der Waals surface area contributed by atoms with Crippen molar-refractivity contribution >= 4 is 0 Å². The summed E-state index contributed by atoms with van der Waals surface area (Å²) in [6.45, 7) is 15.0. The van der Waals surface area contributed by atoms with E-state index < -0.39 is 0 Å². The zero-order valence-electron chi connectivity index (χ0n) is 7.28. The van der Waals surface area contributed by atoms with Gasteiger partial charge in [-0.1, -0.05) is 39.8 Å². The molecule has 0 heteroatoms. The van der Waals surface area contributed by atoms with Crippen LogP contribution in [0.1, 0.15) is 34.6 Å². The van der Waals surface area contributed by atoms with Crippen LogP contribution < -0.4 is 0 Å². The molecule has 0 heterocycles. The molecule has 0 amide bonds. The molecular formula is C9H18. The van der Waals surface area contributed by atoms with Crippen LogP contribution in [0.3, 0.4) is 0 Å². The van der Waals surface area contributed by atoms with Crippen molar-refractivity contribution < 1.29 is 0 Å². The summed E-state index contributed by atoms with van der Waals surface area (Å²) in [4.78, 5) is 0. The molecule has 0 spiro atoms. The number of rotatable bonds is 1. The highest BCUT2D eigenvalue weighted by atomic mass is 14.2. The third-order valence-electron chi connectivity index (χ3n) is 2.04. The molecule has 0 aliphatic carbocycles. The second-order valence-corrected chi connectivity index (χ2v) is 3.93. The molecule has 0 aromatic rings. The summed E-state index contributed by atoms with van der Waals surface area (Å²) in [7, 11) is 0. The zero-order chi connectivity index (χ0) is 7.65. The lowest BCUT2D eigenvalue weighted by Crippen LogP contribution is -2.17. The summed E-state index contributed by atoms with van der Waals surface area (Å²) in [5, 5.41) is 0. The quantitative estimate of drug-likeness (QED) is 0.473. The van der Waals surface area contributed by atoms with Gasteiger partial charge in [-0.15, -0.1) is 0 Å². The van der Waals surface area contributed by atoms with Crippen LogP contribution in [0.15, 0.2) is 12.2 Å². The van der Waals surface area contributed by atoms with E-state index in [2.05, 4.69) is 41.2 Å². The number of hydrogen-bond donors (Lipinski definition) is 0. The van der Waals surface area contributed by atoms with Crippen LogP contribution in [-0.4, -0.2) is 0 Å². The van der Waals surface area contributed by atoms with Gasteiger partial charge in [0.15, 0.2) is 0 Å². The minimum Gasteiger partial charge on any atom is -0.0999 e. The maximum atomic E-state index is 3.92. The lowest BCUT2D eigenvalue weighted by Gasteiger charge is -2.27. The molecule has 9 heavy (non-hydrogen) atoms. The Morgan fingerprint density at radius 1 is 1.33 bits per heavy atom. The van der Waals surface area contributed by atoms with Gasteiger partial charge in [0.25, 0.3) is 0 Å². The Morgan fingerprint density at radius 3 is 1.67 bits per heavy atom. The largest absolute Gasteiger partial charge is 0.0999 e. The molecule has 0 aliphatic rings. The van der Waals surface area contributed by atoms with Crippen molar-refractivity contribution in [1.29, 1.82) is 0 Å². The van der Waals surface area contributed by atoms with Crippen LogP contribution in [0.2, 0.25) is 0 Å². The SMILES string of the molecule is C=C(C)[C@@H](C)C(C)(C)C. The topological polar surface area (TPSA) is 0 Å². The van der Waals surface area contributed by atoms with Gasteiger partial charge in [-0.05, 0) is 18.3 Å². The van der Waals surface area contributed by atoms with E-state index in [9.17, 15) is 0 Å². The summed E-state index contributed by atoms with van der Waals surface area (Å²) in [6, 6.07) is 0. The van der Waals surface area contributed by atoms with Gasteiger partial charge in [-0.2, -0.15) is 0 Å². The molecule has 54 valence electrons. The Bertz CT molecular complexity index is 104. The van der Waals surface area contributed by atoms with Gasteiger partial charge >= 0.3 is 0 Å². The number of hydrogen-bond acceptors (Lipinski definition) is 0. The molecule has 0 radical (unpaired) electrons. The van der Waals surface area contributed by atoms with Crippen molar-refractivity contribution in [3.63, 3.8) is 0 Å². The van der Waals surface area contributed by atoms with Gasteiger partial charge in [-0.25, -0.2) is 0 Å². The van der Waals surface area contributed by atoms with Crippen LogP contribution in [0, 0.1) is 11.3 Å². The molecule has 0 aliphatic heterocycles. The Hall–Kier alpha value is -0.260. The standard InChI is InChI=1S/C9H18/c1-7(2)8(3)9(4,5)6/h8H,1H2,2-6H3/t8-/m1/s1. The van der Waals surface area contributed by atoms with E-state index in [1.807, 2.05) is 0 Å². The third-order valence-corrected chi connectivity index (χ3v) is 2.04. The average molecular weight is 126 g/mol. The predicted molar refractivity (Wildman–Crippen MR) is 43.4 cm³/mol. The van der Waals surface area contributed by atoms with Crippen molar-refractivity contribution in [2.24, 2.45) is 11.3 Å². The fraction of sp³-hybridized carbons (Fsp3) is 0.778. The smallest absolute Gasteiger partial charge is 0.0188 e. The third kappa shape index (κ3) is 2.69. The maximum absolute atomic E-state index is 3.92. The molecule has 0 bridgehead atoms. The molecule has 0 saturated carbocycles. The molecule has 0 nitrogen and oxygen atoms in total. The minimum absolute atomic E-state index is 0.381. The second kappa shape index (κ2) is 2.55. The molecular weight excluding hydrogens is 108 g/mol. The van der Waals surface area contributed by atoms with Gasteiger partial charge in [-0.3, -0.25) is 0 Å². The van der Waals surface area contributed by atoms with Crippen LogP contribution >= 0.6 is 0 Å². The highest BCUT2D eigenvalue weighted by Crippen LogP contribution is 2.29. The number of allylic oxidation sites excluding steroid dienone is 1. The monoisotopic (exact) mass is 126 g/mol. The van der Waals surface area contributed by atoms with E-state index in [1.165, 1.54) is 5.57 Å². The fourth-order valence-corrected chi connectivity index (χ4v) is 0.739. The maximum Gasteiger partial charge on any atom is -0.0188 e. The van der Waals surface area contributed by atoms with Gasteiger partial charge in [0, 0.05) is 0 Å². The average Bonchev–Trinajstić information content (AvgIpc) is 1.62. The van der Waals surface area contributed by atoms with E-state index in [4.69, 9.17) is 0 Å².